The zero-order valence-electron chi connectivity index (χ0n) is 9.56. The quantitative estimate of drug-likeness (QED) is 0.809. The maximum Gasteiger partial charge on any atom is 0.243 e. The van der Waals surface area contributed by atoms with Gasteiger partial charge < -0.3 is 15.0 Å². The van der Waals surface area contributed by atoms with E-state index in [4.69, 9.17) is 4.74 Å². The third-order valence-electron chi connectivity index (χ3n) is 2.81. The Labute approximate surface area is 95.2 Å². The van der Waals surface area contributed by atoms with Gasteiger partial charge in [0, 0.05) is 18.8 Å². The lowest BCUT2D eigenvalue weighted by Crippen LogP contribution is -2.53. The third-order valence-corrected chi connectivity index (χ3v) is 2.81. The highest BCUT2D eigenvalue weighted by Gasteiger charge is 2.25. The Morgan fingerprint density at radius 3 is 2.69 bits per heavy atom. The molecule has 1 saturated heterocycles. The van der Waals surface area contributed by atoms with Gasteiger partial charge in [0.1, 0.15) is 5.75 Å². The Hall–Kier alpha value is -1.55. The summed E-state index contributed by atoms with van der Waals surface area (Å²) in [5, 5.41) is 3.14. The number of benzene rings is 1. The minimum Gasteiger partial charge on any atom is -0.497 e. The largest absolute Gasteiger partial charge is 0.497 e. The van der Waals surface area contributed by atoms with Gasteiger partial charge in [0.25, 0.3) is 0 Å². The molecule has 1 aliphatic rings. The van der Waals surface area contributed by atoms with E-state index in [1.807, 2.05) is 31.2 Å². The molecule has 0 aliphatic carbocycles. The van der Waals surface area contributed by atoms with Gasteiger partial charge >= 0.3 is 0 Å². The number of rotatable bonds is 2. The maximum absolute atomic E-state index is 11.9. The van der Waals surface area contributed by atoms with Gasteiger partial charge in [0.15, 0.2) is 0 Å². The fourth-order valence-corrected chi connectivity index (χ4v) is 1.84. The molecular formula is C12H16N2O2. The number of nitrogens with one attached hydrogen (secondary N) is 1. The van der Waals surface area contributed by atoms with Crippen LogP contribution >= 0.6 is 0 Å². The SMILES string of the molecule is COc1ccc(N2CCN[C@H](C)C2=O)cc1. The molecule has 0 unspecified atom stereocenters. The summed E-state index contributed by atoms with van der Waals surface area (Å²) in [7, 11) is 1.63. The minimum atomic E-state index is -0.101. The fraction of sp³-hybridized carbons (Fsp3) is 0.417. The van der Waals surface area contributed by atoms with Gasteiger partial charge in [-0.15, -0.1) is 0 Å². The van der Waals surface area contributed by atoms with Crippen molar-refractivity contribution in [2.75, 3.05) is 25.1 Å². The van der Waals surface area contributed by atoms with Gasteiger partial charge in [-0.05, 0) is 31.2 Å². The Kier molecular flexibility index (Phi) is 3.10. The number of amides is 1. The van der Waals surface area contributed by atoms with Crippen molar-refractivity contribution in [2.45, 2.75) is 13.0 Å². The van der Waals surface area contributed by atoms with Crippen molar-refractivity contribution in [1.82, 2.24) is 5.32 Å². The molecule has 86 valence electrons. The summed E-state index contributed by atoms with van der Waals surface area (Å²) in [5.41, 5.74) is 0.930. The Balaban J connectivity index is 2.19. The van der Waals surface area contributed by atoms with E-state index >= 15 is 0 Å². The van der Waals surface area contributed by atoms with Crippen molar-refractivity contribution in [3.8, 4) is 5.75 Å². The third kappa shape index (κ3) is 2.02. The normalized spacial score (nSPS) is 21.0. The molecule has 1 aromatic rings. The highest BCUT2D eigenvalue weighted by Crippen LogP contribution is 2.20. The van der Waals surface area contributed by atoms with E-state index in [1.165, 1.54) is 0 Å². The molecule has 0 spiro atoms. The second-order valence-corrected chi connectivity index (χ2v) is 3.86. The zero-order chi connectivity index (χ0) is 11.5. The molecular weight excluding hydrogens is 204 g/mol. The number of ether oxygens (including phenoxy) is 1. The molecule has 4 nitrogen and oxygen atoms in total. The highest BCUT2D eigenvalue weighted by atomic mass is 16.5. The molecule has 1 N–H and O–H groups in total. The standard InChI is InChI=1S/C12H16N2O2/c1-9-12(15)14(8-7-13-9)10-3-5-11(16-2)6-4-10/h3-6,9,13H,7-8H2,1-2H3/t9-/m1/s1. The monoisotopic (exact) mass is 220 g/mol. The topological polar surface area (TPSA) is 41.6 Å². The van der Waals surface area contributed by atoms with E-state index in [1.54, 1.807) is 12.0 Å². The molecule has 0 radical (unpaired) electrons. The van der Waals surface area contributed by atoms with E-state index in [0.29, 0.717) is 0 Å². The average molecular weight is 220 g/mol. The summed E-state index contributed by atoms with van der Waals surface area (Å²) in [6, 6.07) is 7.46. The van der Waals surface area contributed by atoms with E-state index in [9.17, 15) is 4.79 Å². The number of anilines is 1. The van der Waals surface area contributed by atoms with E-state index in [2.05, 4.69) is 5.32 Å². The van der Waals surface area contributed by atoms with Gasteiger partial charge in [-0.1, -0.05) is 0 Å². The first kappa shape index (κ1) is 11.0. The predicted molar refractivity (Wildman–Crippen MR) is 62.8 cm³/mol. The zero-order valence-corrected chi connectivity index (χ0v) is 9.56. The van der Waals surface area contributed by atoms with Crippen molar-refractivity contribution in [3.63, 3.8) is 0 Å². The van der Waals surface area contributed by atoms with E-state index in [0.717, 1.165) is 24.5 Å². The number of carbonyl (C=O) groups is 1. The van der Waals surface area contributed by atoms with E-state index in [-0.39, 0.29) is 11.9 Å². The van der Waals surface area contributed by atoms with Gasteiger partial charge in [-0.2, -0.15) is 0 Å². The number of hydrogen-bond acceptors (Lipinski definition) is 3. The smallest absolute Gasteiger partial charge is 0.243 e. The first-order chi connectivity index (χ1) is 7.72. The second-order valence-electron chi connectivity index (χ2n) is 3.86. The molecule has 1 atom stereocenters. The van der Waals surface area contributed by atoms with Crippen LogP contribution in [0.4, 0.5) is 5.69 Å². The van der Waals surface area contributed by atoms with Crippen LogP contribution in [0.2, 0.25) is 0 Å². The van der Waals surface area contributed by atoms with Crippen LogP contribution in [-0.4, -0.2) is 32.1 Å². The lowest BCUT2D eigenvalue weighted by Gasteiger charge is -2.31. The highest BCUT2D eigenvalue weighted by molar-refractivity contribution is 5.97. The number of nitrogens with zero attached hydrogens (tertiary/aromatic N) is 1. The Bertz CT molecular complexity index is 375. The first-order valence-electron chi connectivity index (χ1n) is 5.41. The van der Waals surface area contributed by atoms with Gasteiger partial charge in [-0.3, -0.25) is 4.79 Å². The molecule has 1 aliphatic heterocycles. The maximum atomic E-state index is 11.9. The average Bonchev–Trinajstić information content (AvgIpc) is 2.33. The molecule has 1 amide bonds. The molecule has 4 heteroatoms. The number of hydrogen-bond donors (Lipinski definition) is 1. The van der Waals surface area contributed by atoms with Crippen LogP contribution < -0.4 is 15.0 Å². The first-order valence-corrected chi connectivity index (χ1v) is 5.41. The van der Waals surface area contributed by atoms with Gasteiger partial charge in [-0.25, -0.2) is 0 Å². The summed E-state index contributed by atoms with van der Waals surface area (Å²) in [5.74, 6) is 0.927. The fourth-order valence-electron chi connectivity index (χ4n) is 1.84. The predicted octanol–water partition coefficient (Wildman–Crippen LogP) is 1.02. The molecule has 0 aromatic heterocycles. The van der Waals surface area contributed by atoms with Crippen molar-refractivity contribution in [3.05, 3.63) is 24.3 Å². The van der Waals surface area contributed by atoms with Gasteiger partial charge in [0.05, 0.1) is 13.2 Å². The number of carbonyl (C=O) groups excluding carboxylic acids is 1. The van der Waals surface area contributed by atoms with Crippen LogP contribution in [0.25, 0.3) is 0 Å². The Morgan fingerprint density at radius 1 is 1.38 bits per heavy atom. The summed E-state index contributed by atoms with van der Waals surface area (Å²) in [4.78, 5) is 13.7. The lowest BCUT2D eigenvalue weighted by atomic mass is 10.2. The second kappa shape index (κ2) is 4.53. The molecule has 0 saturated carbocycles. The van der Waals surface area contributed by atoms with Crippen LogP contribution in [0.5, 0.6) is 5.75 Å². The summed E-state index contributed by atoms with van der Waals surface area (Å²) < 4.78 is 5.09. The van der Waals surface area contributed by atoms with Crippen LogP contribution in [-0.2, 0) is 4.79 Å². The van der Waals surface area contributed by atoms with Crippen LogP contribution in [0, 0.1) is 0 Å². The summed E-state index contributed by atoms with van der Waals surface area (Å²) >= 11 is 0. The number of piperazine rings is 1. The van der Waals surface area contributed by atoms with E-state index < -0.39 is 0 Å². The van der Waals surface area contributed by atoms with Crippen molar-refractivity contribution < 1.29 is 9.53 Å². The minimum absolute atomic E-state index is 0.101. The summed E-state index contributed by atoms with van der Waals surface area (Å²) in [6.45, 7) is 3.44. The molecule has 1 aromatic carbocycles. The summed E-state index contributed by atoms with van der Waals surface area (Å²) in [6.07, 6.45) is 0. The molecule has 2 rings (SSSR count). The number of methoxy groups -OCH3 is 1. The van der Waals surface area contributed by atoms with Crippen LogP contribution in [0.15, 0.2) is 24.3 Å². The molecule has 1 heterocycles. The van der Waals surface area contributed by atoms with Crippen LogP contribution in [0.3, 0.4) is 0 Å². The lowest BCUT2D eigenvalue weighted by molar-refractivity contribution is -0.121. The van der Waals surface area contributed by atoms with Crippen molar-refractivity contribution >= 4 is 11.6 Å². The van der Waals surface area contributed by atoms with Crippen molar-refractivity contribution in [2.24, 2.45) is 0 Å². The molecule has 1 fully saturated rings. The molecule has 0 bridgehead atoms. The van der Waals surface area contributed by atoms with Gasteiger partial charge in [0.2, 0.25) is 5.91 Å². The Morgan fingerprint density at radius 2 is 2.06 bits per heavy atom. The molecule has 16 heavy (non-hydrogen) atoms. The van der Waals surface area contributed by atoms with Crippen LogP contribution in [0.1, 0.15) is 6.92 Å². The van der Waals surface area contributed by atoms with Crippen molar-refractivity contribution in [1.29, 1.82) is 0 Å².